The Labute approximate surface area is 182 Å². The fourth-order valence-electron chi connectivity index (χ4n) is 4.48. The third-order valence-electron chi connectivity index (χ3n) is 5.81. The first-order valence-electron chi connectivity index (χ1n) is 9.65. The van der Waals surface area contributed by atoms with E-state index in [4.69, 9.17) is 4.98 Å². The second-order valence-electron chi connectivity index (χ2n) is 7.40. The standard InChI is InChI=1S/C22H22N4O.2ClH/c27-22(26-16-5-6-17(26)14-24-12-9-16)19-13-21(15-7-10-23-11-8-15)25-20-4-2-1-3-18(19)20;;/h1-4,7-8,10-11,13,16-17,24H,5-6,9,12,14H2;2*1H. The molecule has 2 aromatic heterocycles. The number of carbonyl (C=O) groups is 1. The van der Waals surface area contributed by atoms with Crippen molar-refractivity contribution in [3.8, 4) is 11.3 Å². The molecule has 1 amide bonds. The molecule has 2 aliphatic heterocycles. The molecule has 5 rings (SSSR count). The lowest BCUT2D eigenvalue weighted by Crippen LogP contribution is -2.42. The Hall–Kier alpha value is -2.21. The Morgan fingerprint density at radius 3 is 2.59 bits per heavy atom. The van der Waals surface area contributed by atoms with Crippen LogP contribution in [-0.2, 0) is 0 Å². The fraction of sp³-hybridized carbons (Fsp3) is 0.318. The lowest BCUT2D eigenvalue weighted by atomic mass is 10.0. The van der Waals surface area contributed by atoms with Crippen molar-refractivity contribution in [1.29, 1.82) is 0 Å². The highest BCUT2D eigenvalue weighted by Crippen LogP contribution is 2.32. The van der Waals surface area contributed by atoms with Crippen LogP contribution in [0.2, 0.25) is 0 Å². The van der Waals surface area contributed by atoms with E-state index in [1.807, 2.05) is 42.5 Å². The third kappa shape index (κ3) is 3.95. The molecule has 152 valence electrons. The van der Waals surface area contributed by atoms with Crippen LogP contribution in [0, 0.1) is 0 Å². The molecule has 2 aliphatic rings. The summed E-state index contributed by atoms with van der Waals surface area (Å²) in [7, 11) is 0. The van der Waals surface area contributed by atoms with Gasteiger partial charge in [0.15, 0.2) is 0 Å². The summed E-state index contributed by atoms with van der Waals surface area (Å²) in [6.07, 6.45) is 6.74. The third-order valence-corrected chi connectivity index (χ3v) is 5.81. The summed E-state index contributed by atoms with van der Waals surface area (Å²) in [5.74, 6) is 0.139. The summed E-state index contributed by atoms with van der Waals surface area (Å²) in [6.45, 7) is 1.88. The normalized spacial score (nSPS) is 20.5. The number of fused-ring (bicyclic) bond motifs is 3. The number of amides is 1. The molecule has 2 atom stereocenters. The Morgan fingerprint density at radius 1 is 1.00 bits per heavy atom. The molecular formula is C22H24Cl2N4O. The highest BCUT2D eigenvalue weighted by molar-refractivity contribution is 6.07. The zero-order chi connectivity index (χ0) is 18.2. The topological polar surface area (TPSA) is 58.1 Å². The van der Waals surface area contributed by atoms with Crippen molar-refractivity contribution < 1.29 is 4.79 Å². The maximum absolute atomic E-state index is 13.7. The molecule has 1 N–H and O–H groups in total. The Bertz CT molecular complexity index is 985. The smallest absolute Gasteiger partial charge is 0.255 e. The van der Waals surface area contributed by atoms with Gasteiger partial charge in [-0.2, -0.15) is 0 Å². The molecule has 7 heteroatoms. The molecule has 3 aromatic rings. The number of nitrogens with one attached hydrogen (secondary N) is 1. The summed E-state index contributed by atoms with van der Waals surface area (Å²) < 4.78 is 0. The molecule has 0 saturated carbocycles. The van der Waals surface area contributed by atoms with Crippen molar-refractivity contribution in [3.05, 3.63) is 60.4 Å². The molecule has 29 heavy (non-hydrogen) atoms. The van der Waals surface area contributed by atoms with Crippen molar-refractivity contribution in [1.82, 2.24) is 20.2 Å². The van der Waals surface area contributed by atoms with Crippen LogP contribution in [0.4, 0.5) is 0 Å². The maximum atomic E-state index is 13.7. The van der Waals surface area contributed by atoms with Gasteiger partial charge in [-0.05, 0) is 50.1 Å². The van der Waals surface area contributed by atoms with Crippen LogP contribution >= 0.6 is 24.8 Å². The van der Waals surface area contributed by atoms with Crippen molar-refractivity contribution in [2.75, 3.05) is 13.1 Å². The Balaban J connectivity index is 0.00000120. The lowest BCUT2D eigenvalue weighted by molar-refractivity contribution is 0.0682. The van der Waals surface area contributed by atoms with Gasteiger partial charge in [-0.3, -0.25) is 9.78 Å². The molecule has 4 heterocycles. The highest BCUT2D eigenvalue weighted by Gasteiger charge is 2.38. The highest BCUT2D eigenvalue weighted by atomic mass is 35.5. The molecule has 2 bridgehead atoms. The number of para-hydroxylation sites is 1. The van der Waals surface area contributed by atoms with Crippen LogP contribution in [0.5, 0.6) is 0 Å². The van der Waals surface area contributed by atoms with Crippen LogP contribution in [0.3, 0.4) is 0 Å². The second-order valence-corrected chi connectivity index (χ2v) is 7.40. The number of halogens is 2. The van der Waals surface area contributed by atoms with Crippen LogP contribution < -0.4 is 5.32 Å². The average molecular weight is 431 g/mol. The lowest BCUT2D eigenvalue weighted by Gasteiger charge is -2.28. The van der Waals surface area contributed by atoms with Crippen molar-refractivity contribution >= 4 is 41.6 Å². The zero-order valence-electron chi connectivity index (χ0n) is 16.0. The second kappa shape index (κ2) is 9.08. The first-order valence-corrected chi connectivity index (χ1v) is 9.65. The number of pyridine rings is 2. The van der Waals surface area contributed by atoms with Gasteiger partial charge >= 0.3 is 0 Å². The van der Waals surface area contributed by atoms with E-state index in [1.54, 1.807) is 12.4 Å². The van der Waals surface area contributed by atoms with Gasteiger partial charge in [0.1, 0.15) is 0 Å². The summed E-state index contributed by atoms with van der Waals surface area (Å²) in [6, 6.07) is 14.4. The van der Waals surface area contributed by atoms with E-state index < -0.39 is 0 Å². The summed E-state index contributed by atoms with van der Waals surface area (Å²) in [5, 5.41) is 4.40. The van der Waals surface area contributed by atoms with Gasteiger partial charge in [0, 0.05) is 42.0 Å². The predicted octanol–water partition coefficient (Wildman–Crippen LogP) is 4.11. The number of benzene rings is 1. The number of carbonyl (C=O) groups excluding carboxylic acids is 1. The van der Waals surface area contributed by atoms with E-state index in [9.17, 15) is 4.79 Å². The van der Waals surface area contributed by atoms with Crippen LogP contribution in [-0.4, -0.2) is 45.9 Å². The van der Waals surface area contributed by atoms with Crippen molar-refractivity contribution in [3.63, 3.8) is 0 Å². The summed E-state index contributed by atoms with van der Waals surface area (Å²) in [5.41, 5.74) is 3.41. The fourth-order valence-corrected chi connectivity index (χ4v) is 4.48. The average Bonchev–Trinajstić information content (AvgIpc) is 2.99. The largest absolute Gasteiger partial charge is 0.331 e. The van der Waals surface area contributed by atoms with E-state index in [0.29, 0.717) is 12.1 Å². The predicted molar refractivity (Wildman–Crippen MR) is 120 cm³/mol. The van der Waals surface area contributed by atoms with E-state index in [-0.39, 0.29) is 30.7 Å². The first kappa shape index (κ1) is 21.5. The van der Waals surface area contributed by atoms with Gasteiger partial charge in [-0.15, -0.1) is 24.8 Å². The molecule has 1 aromatic carbocycles. The van der Waals surface area contributed by atoms with Gasteiger partial charge in [0.25, 0.3) is 5.91 Å². The molecular weight excluding hydrogens is 407 g/mol. The molecule has 0 spiro atoms. The Kier molecular flexibility index (Phi) is 6.73. The molecule has 2 unspecified atom stereocenters. The first-order chi connectivity index (χ1) is 13.3. The van der Waals surface area contributed by atoms with Gasteiger partial charge in [-0.25, -0.2) is 4.98 Å². The number of hydrogen-bond donors (Lipinski definition) is 1. The zero-order valence-corrected chi connectivity index (χ0v) is 17.6. The van der Waals surface area contributed by atoms with Gasteiger partial charge in [-0.1, -0.05) is 18.2 Å². The minimum Gasteiger partial charge on any atom is -0.331 e. The van der Waals surface area contributed by atoms with E-state index in [1.165, 1.54) is 0 Å². The van der Waals surface area contributed by atoms with Crippen molar-refractivity contribution in [2.45, 2.75) is 31.3 Å². The number of nitrogens with zero attached hydrogens (tertiary/aromatic N) is 3. The molecule has 0 aliphatic carbocycles. The van der Waals surface area contributed by atoms with Gasteiger partial charge in [0.05, 0.1) is 16.8 Å². The van der Waals surface area contributed by atoms with Crippen molar-refractivity contribution in [2.24, 2.45) is 0 Å². The quantitative estimate of drug-likeness (QED) is 0.664. The Morgan fingerprint density at radius 2 is 1.76 bits per heavy atom. The maximum Gasteiger partial charge on any atom is 0.255 e. The number of aromatic nitrogens is 2. The van der Waals surface area contributed by atoms with E-state index in [2.05, 4.69) is 15.2 Å². The van der Waals surface area contributed by atoms with Crippen LogP contribution in [0.1, 0.15) is 29.6 Å². The molecule has 5 nitrogen and oxygen atoms in total. The molecule has 2 fully saturated rings. The summed E-state index contributed by atoms with van der Waals surface area (Å²) >= 11 is 0. The van der Waals surface area contributed by atoms with Crippen LogP contribution in [0.25, 0.3) is 22.2 Å². The van der Waals surface area contributed by atoms with Gasteiger partial charge in [0.2, 0.25) is 0 Å². The van der Waals surface area contributed by atoms with E-state index in [0.717, 1.165) is 60.1 Å². The monoisotopic (exact) mass is 430 g/mol. The van der Waals surface area contributed by atoms with Crippen LogP contribution in [0.15, 0.2) is 54.9 Å². The molecule has 0 radical (unpaired) electrons. The number of hydrogen-bond acceptors (Lipinski definition) is 4. The number of rotatable bonds is 2. The minimum absolute atomic E-state index is 0. The SMILES string of the molecule is Cl.Cl.O=C(c1cc(-c2ccncc2)nc2ccccc12)N1C2CCNCC1CC2. The molecule has 2 saturated heterocycles. The summed E-state index contributed by atoms with van der Waals surface area (Å²) in [4.78, 5) is 24.7. The van der Waals surface area contributed by atoms with Gasteiger partial charge < -0.3 is 10.2 Å². The minimum atomic E-state index is 0. The van der Waals surface area contributed by atoms with E-state index >= 15 is 0 Å².